The fourth-order valence-corrected chi connectivity index (χ4v) is 3.41. The standard InChI is InChI=1S/C18H16ClN3O2S/c1-11-9-12(19)7-8-14(11)20-16(23)10-25-18-21-15-6-4-3-5-13(15)17(24)22(18)2/h3-9H,10H2,1-2H3,(H,20,23). The van der Waals surface area contributed by atoms with Crippen LogP contribution in [0.25, 0.3) is 10.9 Å². The summed E-state index contributed by atoms with van der Waals surface area (Å²) in [6.07, 6.45) is 0. The largest absolute Gasteiger partial charge is 0.325 e. The normalized spacial score (nSPS) is 10.8. The highest BCUT2D eigenvalue weighted by atomic mass is 35.5. The molecule has 0 unspecified atom stereocenters. The summed E-state index contributed by atoms with van der Waals surface area (Å²) in [7, 11) is 1.66. The fraction of sp³-hybridized carbons (Fsp3) is 0.167. The van der Waals surface area contributed by atoms with Crippen LogP contribution < -0.4 is 10.9 Å². The quantitative estimate of drug-likeness (QED) is 0.560. The first kappa shape index (κ1) is 17.5. The zero-order valence-electron chi connectivity index (χ0n) is 13.7. The topological polar surface area (TPSA) is 64.0 Å². The third-order valence-electron chi connectivity index (χ3n) is 3.74. The highest BCUT2D eigenvalue weighted by Gasteiger charge is 2.11. The predicted octanol–water partition coefficient (Wildman–Crippen LogP) is 3.63. The zero-order chi connectivity index (χ0) is 18.0. The summed E-state index contributed by atoms with van der Waals surface area (Å²) in [6, 6.07) is 12.5. The Morgan fingerprint density at radius 1 is 1.28 bits per heavy atom. The Balaban J connectivity index is 1.75. The zero-order valence-corrected chi connectivity index (χ0v) is 15.3. The number of nitrogens with one attached hydrogen (secondary N) is 1. The summed E-state index contributed by atoms with van der Waals surface area (Å²) in [5.74, 6) is -0.0152. The predicted molar refractivity (Wildman–Crippen MR) is 103 cm³/mol. The van der Waals surface area contributed by atoms with Crippen LogP contribution in [0.2, 0.25) is 5.02 Å². The number of nitrogens with zero attached hydrogens (tertiary/aromatic N) is 2. The van der Waals surface area contributed by atoms with Gasteiger partial charge in [0.2, 0.25) is 5.91 Å². The third kappa shape index (κ3) is 3.86. The average Bonchev–Trinajstić information content (AvgIpc) is 2.59. The molecule has 25 heavy (non-hydrogen) atoms. The van der Waals surface area contributed by atoms with Crippen LogP contribution in [-0.2, 0) is 11.8 Å². The number of aromatic nitrogens is 2. The van der Waals surface area contributed by atoms with Crippen molar-refractivity contribution in [3.8, 4) is 0 Å². The van der Waals surface area contributed by atoms with Crippen LogP contribution in [-0.4, -0.2) is 21.2 Å². The molecule has 128 valence electrons. The van der Waals surface area contributed by atoms with E-state index in [4.69, 9.17) is 11.6 Å². The van der Waals surface area contributed by atoms with Gasteiger partial charge < -0.3 is 5.32 Å². The number of carbonyl (C=O) groups is 1. The molecule has 1 aromatic heterocycles. The van der Waals surface area contributed by atoms with Gasteiger partial charge >= 0.3 is 0 Å². The molecular formula is C18H16ClN3O2S. The minimum Gasteiger partial charge on any atom is -0.325 e. The Morgan fingerprint density at radius 2 is 2.04 bits per heavy atom. The summed E-state index contributed by atoms with van der Waals surface area (Å²) in [5, 5.41) is 4.54. The van der Waals surface area contributed by atoms with Crippen LogP contribution in [0.4, 0.5) is 5.69 Å². The van der Waals surface area contributed by atoms with Crippen molar-refractivity contribution in [2.75, 3.05) is 11.1 Å². The first-order valence-electron chi connectivity index (χ1n) is 7.60. The van der Waals surface area contributed by atoms with E-state index < -0.39 is 0 Å². The first-order valence-corrected chi connectivity index (χ1v) is 8.96. The molecule has 0 aliphatic carbocycles. The van der Waals surface area contributed by atoms with E-state index in [2.05, 4.69) is 10.3 Å². The Bertz CT molecular complexity index is 1020. The highest BCUT2D eigenvalue weighted by Crippen LogP contribution is 2.21. The van der Waals surface area contributed by atoms with Gasteiger partial charge in [0.15, 0.2) is 5.16 Å². The molecule has 0 saturated heterocycles. The van der Waals surface area contributed by atoms with Crippen molar-refractivity contribution in [2.45, 2.75) is 12.1 Å². The van der Waals surface area contributed by atoms with E-state index in [0.29, 0.717) is 21.1 Å². The molecule has 7 heteroatoms. The Labute approximate surface area is 154 Å². The van der Waals surface area contributed by atoms with Gasteiger partial charge in [0.1, 0.15) is 0 Å². The molecule has 5 nitrogen and oxygen atoms in total. The Kier molecular flexibility index (Phi) is 5.11. The molecule has 0 atom stereocenters. The number of halogens is 1. The maximum absolute atomic E-state index is 12.4. The summed E-state index contributed by atoms with van der Waals surface area (Å²) in [6.45, 7) is 1.88. The number of hydrogen-bond donors (Lipinski definition) is 1. The van der Waals surface area contributed by atoms with Crippen molar-refractivity contribution in [2.24, 2.45) is 7.05 Å². The van der Waals surface area contributed by atoms with Gasteiger partial charge in [-0.05, 0) is 42.8 Å². The Morgan fingerprint density at radius 3 is 2.80 bits per heavy atom. The van der Waals surface area contributed by atoms with Gasteiger partial charge in [-0.3, -0.25) is 14.2 Å². The molecule has 0 fully saturated rings. The van der Waals surface area contributed by atoms with E-state index in [1.54, 1.807) is 43.4 Å². The number of aryl methyl sites for hydroxylation is 1. The first-order chi connectivity index (χ1) is 12.0. The molecule has 0 radical (unpaired) electrons. The maximum atomic E-state index is 12.4. The van der Waals surface area contributed by atoms with Crippen LogP contribution in [0.1, 0.15) is 5.56 Å². The number of carbonyl (C=O) groups excluding carboxylic acids is 1. The SMILES string of the molecule is Cc1cc(Cl)ccc1NC(=O)CSc1nc2ccccc2c(=O)n1C. The maximum Gasteiger partial charge on any atom is 0.261 e. The van der Waals surface area contributed by atoms with E-state index in [0.717, 1.165) is 11.3 Å². The van der Waals surface area contributed by atoms with Crippen molar-refractivity contribution >= 4 is 45.9 Å². The molecule has 1 amide bonds. The van der Waals surface area contributed by atoms with E-state index in [-0.39, 0.29) is 17.2 Å². The van der Waals surface area contributed by atoms with E-state index in [9.17, 15) is 9.59 Å². The van der Waals surface area contributed by atoms with Crippen LogP contribution in [0.5, 0.6) is 0 Å². The van der Waals surface area contributed by atoms with Crippen molar-refractivity contribution in [1.29, 1.82) is 0 Å². The van der Waals surface area contributed by atoms with Gasteiger partial charge in [-0.25, -0.2) is 4.98 Å². The van der Waals surface area contributed by atoms with Crippen LogP contribution >= 0.6 is 23.4 Å². The van der Waals surface area contributed by atoms with Crippen LogP contribution in [0.15, 0.2) is 52.4 Å². The second-order valence-electron chi connectivity index (χ2n) is 5.57. The van der Waals surface area contributed by atoms with Crippen molar-refractivity contribution in [1.82, 2.24) is 9.55 Å². The summed E-state index contributed by atoms with van der Waals surface area (Å²) in [5.41, 5.74) is 2.11. The number of fused-ring (bicyclic) bond motifs is 1. The van der Waals surface area contributed by atoms with Gasteiger partial charge in [-0.1, -0.05) is 35.5 Å². The summed E-state index contributed by atoms with van der Waals surface area (Å²) < 4.78 is 1.47. The smallest absolute Gasteiger partial charge is 0.261 e. The van der Waals surface area contributed by atoms with Crippen molar-refractivity contribution in [3.63, 3.8) is 0 Å². The number of thioether (sulfide) groups is 1. The number of rotatable bonds is 4. The lowest BCUT2D eigenvalue weighted by molar-refractivity contribution is -0.113. The summed E-state index contributed by atoms with van der Waals surface area (Å²) >= 11 is 7.14. The highest BCUT2D eigenvalue weighted by molar-refractivity contribution is 7.99. The van der Waals surface area contributed by atoms with E-state index in [1.807, 2.05) is 13.0 Å². The molecule has 1 heterocycles. The lowest BCUT2D eigenvalue weighted by Crippen LogP contribution is -2.21. The average molecular weight is 374 g/mol. The number of anilines is 1. The molecule has 0 bridgehead atoms. The van der Waals surface area contributed by atoms with Crippen LogP contribution in [0, 0.1) is 6.92 Å². The monoisotopic (exact) mass is 373 g/mol. The third-order valence-corrected chi connectivity index (χ3v) is 5.00. The number of hydrogen-bond acceptors (Lipinski definition) is 4. The second kappa shape index (κ2) is 7.29. The van der Waals surface area contributed by atoms with Gasteiger partial charge in [0.25, 0.3) is 5.56 Å². The fourth-order valence-electron chi connectivity index (χ4n) is 2.41. The molecule has 3 aromatic rings. The molecule has 2 aromatic carbocycles. The number of para-hydroxylation sites is 1. The molecule has 1 N–H and O–H groups in total. The molecule has 0 saturated carbocycles. The molecule has 3 rings (SSSR count). The minimum absolute atomic E-state index is 0.123. The minimum atomic E-state index is -0.169. The molecular weight excluding hydrogens is 358 g/mol. The van der Waals surface area contributed by atoms with Crippen molar-refractivity contribution in [3.05, 3.63) is 63.4 Å². The van der Waals surface area contributed by atoms with E-state index >= 15 is 0 Å². The number of benzene rings is 2. The Hall–Kier alpha value is -2.31. The second-order valence-corrected chi connectivity index (χ2v) is 6.95. The van der Waals surface area contributed by atoms with E-state index in [1.165, 1.54) is 16.3 Å². The van der Waals surface area contributed by atoms with Crippen LogP contribution in [0.3, 0.4) is 0 Å². The number of amides is 1. The van der Waals surface area contributed by atoms with Gasteiger partial charge in [0, 0.05) is 17.8 Å². The molecule has 0 aliphatic rings. The molecule has 0 spiro atoms. The lowest BCUT2D eigenvalue weighted by Gasteiger charge is -2.10. The lowest BCUT2D eigenvalue weighted by atomic mass is 10.2. The summed E-state index contributed by atoms with van der Waals surface area (Å²) in [4.78, 5) is 29.0. The van der Waals surface area contributed by atoms with Gasteiger partial charge in [-0.2, -0.15) is 0 Å². The van der Waals surface area contributed by atoms with Crippen molar-refractivity contribution < 1.29 is 4.79 Å². The van der Waals surface area contributed by atoms with Gasteiger partial charge in [0.05, 0.1) is 16.7 Å². The molecule has 0 aliphatic heterocycles. The van der Waals surface area contributed by atoms with Gasteiger partial charge in [-0.15, -0.1) is 0 Å².